The third-order valence-electron chi connectivity index (χ3n) is 14.7. The van der Waals surface area contributed by atoms with Crippen LogP contribution in [0.15, 0.2) is 48.6 Å². The molecule has 0 fully saturated rings. The minimum Gasteiger partial charge on any atom is -0.756 e. The summed E-state index contributed by atoms with van der Waals surface area (Å²) in [6.07, 6.45) is 71.1. The van der Waals surface area contributed by atoms with Crippen molar-refractivity contribution in [3.05, 3.63) is 48.6 Å². The molecule has 10 heteroatoms. The van der Waals surface area contributed by atoms with E-state index in [1.807, 2.05) is 28.1 Å². The molecule has 0 aromatic heterocycles. The average molecular weight is 1080 g/mol. The molecule has 0 bridgehead atoms. The van der Waals surface area contributed by atoms with E-state index in [-0.39, 0.29) is 18.9 Å². The molecule has 0 saturated heterocycles. The number of nitrogens with one attached hydrogen (secondary N) is 1. The molecule has 0 aliphatic rings. The van der Waals surface area contributed by atoms with E-state index in [9.17, 15) is 24.5 Å². The van der Waals surface area contributed by atoms with E-state index in [1.165, 1.54) is 212 Å². The first kappa shape index (κ1) is 73.4. The number of hydrogen-bond acceptors (Lipinski definition) is 7. The Morgan fingerprint density at radius 1 is 0.493 bits per heavy atom. The largest absolute Gasteiger partial charge is 0.756 e. The van der Waals surface area contributed by atoms with Crippen molar-refractivity contribution in [3.8, 4) is 0 Å². The van der Waals surface area contributed by atoms with Crippen LogP contribution in [0.3, 0.4) is 0 Å². The molecule has 3 N–H and O–H groups in total. The predicted molar refractivity (Wildman–Crippen MR) is 322 cm³/mol. The first-order valence-corrected chi connectivity index (χ1v) is 33.5. The number of carbonyl (C=O) groups excluding carboxylic acids is 1. The van der Waals surface area contributed by atoms with Crippen LogP contribution in [-0.4, -0.2) is 79.8 Å². The van der Waals surface area contributed by atoms with Crippen LogP contribution in [0, 0.1) is 0 Å². The van der Waals surface area contributed by atoms with Crippen molar-refractivity contribution in [1.29, 1.82) is 0 Å². The van der Waals surface area contributed by atoms with Gasteiger partial charge >= 0.3 is 0 Å². The number of carbonyl (C=O) groups is 1. The van der Waals surface area contributed by atoms with Crippen LogP contribution < -0.4 is 10.2 Å². The van der Waals surface area contributed by atoms with Crippen molar-refractivity contribution < 1.29 is 38.0 Å². The lowest BCUT2D eigenvalue weighted by molar-refractivity contribution is -0.870. The number of phosphoric acid groups is 1. The Hall–Kier alpha value is -1.58. The van der Waals surface area contributed by atoms with Gasteiger partial charge in [-0.15, -0.1) is 0 Å². The second-order valence-corrected chi connectivity index (χ2v) is 24.6. The number of allylic oxidation sites excluding steroid dienone is 8. The Labute approximate surface area is 465 Å². The Bertz CT molecular complexity index is 1380. The highest BCUT2D eigenvalue weighted by Gasteiger charge is 2.29. The molecule has 0 aliphatic heterocycles. The third kappa shape index (κ3) is 56.9. The lowest BCUT2D eigenvalue weighted by Crippen LogP contribution is -2.51. The molecule has 4 atom stereocenters. The van der Waals surface area contributed by atoms with Crippen molar-refractivity contribution in [1.82, 2.24) is 5.32 Å². The van der Waals surface area contributed by atoms with Crippen LogP contribution >= 0.6 is 7.82 Å². The second-order valence-electron chi connectivity index (χ2n) is 23.2. The standard InChI is InChI=1S/C65H125N2O7P/c1-6-8-10-12-14-16-18-20-21-22-23-24-25-26-27-28-29-30-31-32-33-34-35-36-37-38-39-40-41-42-43-44-45-46-48-50-52-54-56-58-64(69)66-62(61-74-75(71,72)73-60-59-67(3,4)5)65(70)63(68)57-55-53-51-49-47-19-17-15-13-11-9-7-2/h7,9,15,17,22-23,49,51,62-63,65,68,70H,6,8,10-14,16,18-21,24-48,50,52-61H2,1-5H3,(H-,66,69,71,72)/b9-7+,17-15+,23-22-,51-49+. The van der Waals surface area contributed by atoms with Gasteiger partial charge in [-0.25, -0.2) is 0 Å². The number of nitrogens with zero attached hydrogens (tertiary/aromatic N) is 1. The smallest absolute Gasteiger partial charge is 0.268 e. The first-order chi connectivity index (χ1) is 36.4. The van der Waals surface area contributed by atoms with E-state index < -0.39 is 32.7 Å². The zero-order valence-electron chi connectivity index (χ0n) is 50.1. The van der Waals surface area contributed by atoms with Crippen molar-refractivity contribution in [3.63, 3.8) is 0 Å². The lowest BCUT2D eigenvalue weighted by atomic mass is 10.0. The van der Waals surface area contributed by atoms with E-state index >= 15 is 0 Å². The summed E-state index contributed by atoms with van der Waals surface area (Å²) < 4.78 is 23.2. The van der Waals surface area contributed by atoms with Crippen molar-refractivity contribution in [2.24, 2.45) is 0 Å². The Balaban J connectivity index is 3.92. The van der Waals surface area contributed by atoms with E-state index in [0.717, 1.165) is 51.4 Å². The maximum Gasteiger partial charge on any atom is 0.268 e. The normalized spacial score (nSPS) is 14.5. The van der Waals surface area contributed by atoms with E-state index in [2.05, 4.69) is 60.8 Å². The van der Waals surface area contributed by atoms with Crippen LogP contribution in [0.25, 0.3) is 0 Å². The van der Waals surface area contributed by atoms with Gasteiger partial charge in [-0.2, -0.15) is 0 Å². The highest BCUT2D eigenvalue weighted by molar-refractivity contribution is 7.45. The Morgan fingerprint density at radius 3 is 1.20 bits per heavy atom. The van der Waals surface area contributed by atoms with E-state index in [4.69, 9.17) is 9.05 Å². The quantitative estimate of drug-likeness (QED) is 0.0239. The number of phosphoric ester groups is 1. The summed E-state index contributed by atoms with van der Waals surface area (Å²) in [6, 6.07) is -1.10. The molecule has 0 saturated carbocycles. The first-order valence-electron chi connectivity index (χ1n) is 32.0. The van der Waals surface area contributed by atoms with Gasteiger partial charge in [-0.1, -0.05) is 261 Å². The summed E-state index contributed by atoms with van der Waals surface area (Å²) in [5.41, 5.74) is 0. The molecule has 0 radical (unpaired) electrons. The fourth-order valence-corrected chi connectivity index (χ4v) is 10.4. The number of hydrogen-bond donors (Lipinski definition) is 3. The summed E-state index contributed by atoms with van der Waals surface area (Å²) in [7, 11) is 1.10. The summed E-state index contributed by atoms with van der Waals surface area (Å²) >= 11 is 0. The van der Waals surface area contributed by atoms with Gasteiger partial charge in [-0.3, -0.25) is 9.36 Å². The molecule has 442 valence electrons. The summed E-state index contributed by atoms with van der Waals surface area (Å²) in [5, 5.41) is 24.7. The minimum absolute atomic E-state index is 0.0497. The summed E-state index contributed by atoms with van der Waals surface area (Å²) in [5.74, 6) is -0.291. The zero-order chi connectivity index (χ0) is 55.0. The highest BCUT2D eigenvalue weighted by atomic mass is 31.2. The fraction of sp³-hybridized carbons (Fsp3) is 0.862. The lowest BCUT2D eigenvalue weighted by Gasteiger charge is -2.31. The van der Waals surface area contributed by atoms with E-state index in [0.29, 0.717) is 30.3 Å². The SMILES string of the molecule is C/C=C/CC/C=C/CC/C=C/CCCC(O)C(O)C(COP(=O)([O-])OCC[N+](C)(C)C)NC(=O)CCCCCCCCCCCCCCCCCCCCCCCCCCCCC/C=C\CCCCCCCCCC. The maximum atomic E-state index is 13.0. The van der Waals surface area contributed by atoms with Gasteiger partial charge in [0.15, 0.2) is 0 Å². The predicted octanol–water partition coefficient (Wildman–Crippen LogP) is 18.2. The molecular formula is C65H125N2O7P. The van der Waals surface area contributed by atoms with Gasteiger partial charge in [0.05, 0.1) is 39.9 Å². The Morgan fingerprint density at radius 2 is 0.827 bits per heavy atom. The third-order valence-corrected chi connectivity index (χ3v) is 15.6. The zero-order valence-corrected chi connectivity index (χ0v) is 51.0. The number of unbranched alkanes of at least 4 members (excludes halogenated alkanes) is 38. The van der Waals surface area contributed by atoms with Gasteiger partial charge in [-0.05, 0) is 84.0 Å². The molecule has 1 amide bonds. The molecule has 0 spiro atoms. The number of likely N-dealkylation sites (N-methyl/N-ethyl adjacent to an activating group) is 1. The van der Waals surface area contributed by atoms with Gasteiger partial charge in [0.1, 0.15) is 19.3 Å². The summed E-state index contributed by atoms with van der Waals surface area (Å²) in [4.78, 5) is 25.5. The van der Waals surface area contributed by atoms with Crippen LogP contribution in [0.4, 0.5) is 0 Å². The van der Waals surface area contributed by atoms with Gasteiger partial charge in [0, 0.05) is 6.42 Å². The fourth-order valence-electron chi connectivity index (χ4n) is 9.65. The number of amides is 1. The number of rotatable bonds is 59. The highest BCUT2D eigenvalue weighted by Crippen LogP contribution is 2.38. The van der Waals surface area contributed by atoms with Gasteiger partial charge in [0.25, 0.3) is 7.82 Å². The molecule has 4 unspecified atom stereocenters. The maximum absolute atomic E-state index is 13.0. The van der Waals surface area contributed by atoms with Crippen LogP contribution in [-0.2, 0) is 18.4 Å². The minimum atomic E-state index is -4.68. The molecule has 0 aromatic carbocycles. The van der Waals surface area contributed by atoms with Gasteiger partial charge in [0.2, 0.25) is 5.91 Å². The van der Waals surface area contributed by atoms with Crippen molar-refractivity contribution in [2.45, 2.75) is 321 Å². The van der Waals surface area contributed by atoms with Crippen molar-refractivity contribution >= 4 is 13.7 Å². The molecule has 75 heavy (non-hydrogen) atoms. The van der Waals surface area contributed by atoms with Crippen LogP contribution in [0.2, 0.25) is 0 Å². The molecule has 0 heterocycles. The molecule has 0 aliphatic carbocycles. The molecule has 9 nitrogen and oxygen atoms in total. The summed E-state index contributed by atoms with van der Waals surface area (Å²) in [6.45, 7) is 4.22. The Kier molecular flexibility index (Phi) is 54.5. The van der Waals surface area contributed by atoms with Crippen molar-refractivity contribution in [2.75, 3.05) is 40.9 Å². The van der Waals surface area contributed by atoms with Crippen LogP contribution in [0.5, 0.6) is 0 Å². The monoisotopic (exact) mass is 1080 g/mol. The topological polar surface area (TPSA) is 128 Å². The van der Waals surface area contributed by atoms with Crippen LogP contribution in [0.1, 0.15) is 303 Å². The molecule has 0 aromatic rings. The number of quaternary nitrogens is 1. The molecular weight excluding hydrogens is 952 g/mol. The number of aliphatic hydroxyl groups is 2. The average Bonchev–Trinajstić information content (AvgIpc) is 3.37. The number of aliphatic hydroxyl groups excluding tert-OH is 2. The van der Waals surface area contributed by atoms with E-state index in [1.54, 1.807) is 0 Å². The molecule has 0 rings (SSSR count). The van der Waals surface area contributed by atoms with Gasteiger partial charge < -0.3 is 34.0 Å². The second kappa shape index (κ2) is 55.7.